The van der Waals surface area contributed by atoms with Crippen molar-refractivity contribution in [2.24, 2.45) is 7.05 Å². The molecule has 1 unspecified atom stereocenters. The summed E-state index contributed by atoms with van der Waals surface area (Å²) in [6.45, 7) is 0. The average molecular weight is 220 g/mol. The normalized spacial score (nSPS) is 12.7. The number of aromatic nitrogens is 2. The maximum absolute atomic E-state index is 12.9. The highest BCUT2D eigenvalue weighted by Crippen LogP contribution is 2.18. The minimum absolute atomic E-state index is 0.331. The van der Waals surface area contributed by atoms with E-state index >= 15 is 0 Å². The number of nitrogens with zero attached hydrogens (tertiary/aromatic N) is 2. The summed E-state index contributed by atoms with van der Waals surface area (Å²) in [6, 6.07) is 6.02. The van der Waals surface area contributed by atoms with Gasteiger partial charge in [-0.2, -0.15) is 5.10 Å². The topological polar surface area (TPSA) is 38.0 Å². The third-order valence-electron chi connectivity index (χ3n) is 2.42. The Balaban J connectivity index is 2.11. The van der Waals surface area contributed by atoms with Gasteiger partial charge in [-0.15, -0.1) is 0 Å². The predicted octanol–water partition coefficient (Wildman–Crippen LogP) is 1.84. The summed E-state index contributed by atoms with van der Waals surface area (Å²) < 4.78 is 14.6. The Hall–Kier alpha value is -1.68. The molecule has 2 rings (SSSR count). The fourth-order valence-corrected chi connectivity index (χ4v) is 1.63. The van der Waals surface area contributed by atoms with Crippen LogP contribution in [0.1, 0.15) is 17.2 Å². The molecule has 3 nitrogen and oxygen atoms in total. The molecule has 0 aliphatic heterocycles. The van der Waals surface area contributed by atoms with Crippen molar-refractivity contribution in [1.82, 2.24) is 9.78 Å². The first-order valence-electron chi connectivity index (χ1n) is 5.06. The molecule has 16 heavy (non-hydrogen) atoms. The second kappa shape index (κ2) is 4.45. The number of aliphatic hydroxyl groups is 1. The second-order valence-electron chi connectivity index (χ2n) is 3.80. The number of benzene rings is 1. The highest BCUT2D eigenvalue weighted by Gasteiger charge is 2.10. The quantitative estimate of drug-likeness (QED) is 0.857. The first-order chi connectivity index (χ1) is 7.65. The Kier molecular flexibility index (Phi) is 3.01. The lowest BCUT2D eigenvalue weighted by atomic mass is 10.0. The summed E-state index contributed by atoms with van der Waals surface area (Å²) in [7, 11) is 1.82. The van der Waals surface area contributed by atoms with E-state index in [0.717, 1.165) is 5.56 Å². The summed E-state index contributed by atoms with van der Waals surface area (Å²) in [5.41, 5.74) is 1.52. The molecule has 0 fully saturated rings. The minimum atomic E-state index is -0.695. The molecule has 0 spiro atoms. The van der Waals surface area contributed by atoms with Crippen LogP contribution in [0.2, 0.25) is 0 Å². The number of halogens is 1. The minimum Gasteiger partial charge on any atom is -0.388 e. The van der Waals surface area contributed by atoms with Gasteiger partial charge in [0.2, 0.25) is 0 Å². The first-order valence-corrected chi connectivity index (χ1v) is 5.06. The molecule has 0 radical (unpaired) electrons. The highest BCUT2D eigenvalue weighted by molar-refractivity contribution is 5.21. The molecule has 1 N–H and O–H groups in total. The Morgan fingerprint density at radius 1 is 1.50 bits per heavy atom. The van der Waals surface area contributed by atoms with Gasteiger partial charge >= 0.3 is 0 Å². The van der Waals surface area contributed by atoms with Gasteiger partial charge in [-0.3, -0.25) is 4.68 Å². The molecule has 0 saturated heterocycles. The largest absolute Gasteiger partial charge is 0.388 e. The molecule has 2 aromatic rings. The fourth-order valence-electron chi connectivity index (χ4n) is 1.63. The molecule has 0 saturated carbocycles. The van der Waals surface area contributed by atoms with E-state index in [2.05, 4.69) is 5.10 Å². The highest BCUT2D eigenvalue weighted by atomic mass is 19.1. The van der Waals surface area contributed by atoms with Crippen molar-refractivity contribution in [3.63, 3.8) is 0 Å². The lowest BCUT2D eigenvalue weighted by molar-refractivity contribution is 0.178. The molecule has 0 aliphatic carbocycles. The molecule has 0 aliphatic rings. The van der Waals surface area contributed by atoms with Crippen LogP contribution < -0.4 is 0 Å². The summed E-state index contributed by atoms with van der Waals surface area (Å²) in [5.74, 6) is -0.331. The molecule has 1 atom stereocenters. The molecule has 1 aromatic carbocycles. The molecule has 4 heteroatoms. The van der Waals surface area contributed by atoms with E-state index in [4.69, 9.17) is 0 Å². The number of hydrogen-bond acceptors (Lipinski definition) is 2. The smallest absolute Gasteiger partial charge is 0.123 e. The summed E-state index contributed by atoms with van der Waals surface area (Å²) in [5, 5.41) is 13.9. The van der Waals surface area contributed by atoms with Crippen LogP contribution in [0.4, 0.5) is 4.39 Å². The van der Waals surface area contributed by atoms with Crippen LogP contribution in [-0.4, -0.2) is 14.9 Å². The van der Waals surface area contributed by atoms with Gasteiger partial charge in [0, 0.05) is 19.7 Å². The zero-order valence-corrected chi connectivity index (χ0v) is 8.97. The maximum atomic E-state index is 12.9. The van der Waals surface area contributed by atoms with E-state index in [0.29, 0.717) is 12.0 Å². The summed E-state index contributed by atoms with van der Waals surface area (Å²) in [4.78, 5) is 0. The van der Waals surface area contributed by atoms with Gasteiger partial charge < -0.3 is 5.11 Å². The van der Waals surface area contributed by atoms with Gasteiger partial charge in [0.05, 0.1) is 12.3 Å². The monoisotopic (exact) mass is 220 g/mol. The number of rotatable bonds is 3. The Morgan fingerprint density at radius 3 is 2.94 bits per heavy atom. The van der Waals surface area contributed by atoms with Gasteiger partial charge in [0.15, 0.2) is 0 Å². The fraction of sp³-hybridized carbons (Fsp3) is 0.250. The first kappa shape index (κ1) is 10.8. The Morgan fingerprint density at radius 2 is 2.31 bits per heavy atom. The third kappa shape index (κ3) is 2.46. The van der Waals surface area contributed by atoms with E-state index in [1.165, 1.54) is 12.1 Å². The van der Waals surface area contributed by atoms with Gasteiger partial charge in [0.25, 0.3) is 0 Å². The summed E-state index contributed by atoms with van der Waals surface area (Å²) >= 11 is 0. The van der Waals surface area contributed by atoms with Crippen LogP contribution in [0.15, 0.2) is 36.7 Å². The molecule has 1 aromatic heterocycles. The van der Waals surface area contributed by atoms with Crippen molar-refractivity contribution < 1.29 is 9.50 Å². The molecule has 0 amide bonds. The second-order valence-corrected chi connectivity index (χ2v) is 3.80. The molecular weight excluding hydrogens is 207 g/mol. The molecule has 0 bridgehead atoms. The molecular formula is C12H13FN2O. The van der Waals surface area contributed by atoms with Gasteiger partial charge in [0.1, 0.15) is 5.82 Å². The summed E-state index contributed by atoms with van der Waals surface area (Å²) in [6.07, 6.45) is 3.28. The van der Waals surface area contributed by atoms with Crippen molar-refractivity contribution in [1.29, 1.82) is 0 Å². The lowest BCUT2D eigenvalue weighted by Gasteiger charge is -2.09. The molecule has 84 valence electrons. The van der Waals surface area contributed by atoms with E-state index in [1.807, 2.05) is 13.2 Å². The van der Waals surface area contributed by atoms with E-state index in [-0.39, 0.29) is 5.82 Å². The maximum Gasteiger partial charge on any atom is 0.123 e. The Labute approximate surface area is 93.2 Å². The predicted molar refractivity (Wildman–Crippen MR) is 58.3 cm³/mol. The van der Waals surface area contributed by atoms with Crippen molar-refractivity contribution in [2.45, 2.75) is 12.5 Å². The van der Waals surface area contributed by atoms with Crippen LogP contribution in [0, 0.1) is 5.82 Å². The van der Waals surface area contributed by atoms with Crippen molar-refractivity contribution in [2.75, 3.05) is 0 Å². The van der Waals surface area contributed by atoms with Gasteiger partial charge in [-0.1, -0.05) is 12.1 Å². The average Bonchev–Trinajstić information content (AvgIpc) is 2.64. The van der Waals surface area contributed by atoms with E-state index in [1.54, 1.807) is 23.0 Å². The zero-order valence-electron chi connectivity index (χ0n) is 8.97. The van der Waals surface area contributed by atoms with Crippen LogP contribution in [0.25, 0.3) is 0 Å². The van der Waals surface area contributed by atoms with Crippen molar-refractivity contribution >= 4 is 0 Å². The van der Waals surface area contributed by atoms with Crippen LogP contribution in [-0.2, 0) is 13.5 Å². The van der Waals surface area contributed by atoms with Gasteiger partial charge in [-0.05, 0) is 23.3 Å². The van der Waals surface area contributed by atoms with Crippen LogP contribution in [0.3, 0.4) is 0 Å². The van der Waals surface area contributed by atoms with E-state index in [9.17, 15) is 9.50 Å². The van der Waals surface area contributed by atoms with Gasteiger partial charge in [-0.25, -0.2) is 4.39 Å². The Bertz CT molecular complexity index is 481. The molecule has 1 heterocycles. The SMILES string of the molecule is Cn1cc(CC(O)c2cccc(F)c2)cn1. The third-order valence-corrected chi connectivity index (χ3v) is 2.42. The van der Waals surface area contributed by atoms with Crippen LogP contribution in [0.5, 0.6) is 0 Å². The van der Waals surface area contributed by atoms with E-state index < -0.39 is 6.10 Å². The standard InChI is InChI=1S/C12H13FN2O/c1-15-8-9(7-14-15)5-12(16)10-3-2-4-11(13)6-10/h2-4,6-8,12,16H,5H2,1H3. The number of hydrogen-bond donors (Lipinski definition) is 1. The number of aryl methyl sites for hydroxylation is 1. The van der Waals surface area contributed by atoms with Crippen molar-refractivity contribution in [3.05, 3.63) is 53.6 Å². The lowest BCUT2D eigenvalue weighted by Crippen LogP contribution is -2.01. The van der Waals surface area contributed by atoms with Crippen LogP contribution >= 0.6 is 0 Å². The van der Waals surface area contributed by atoms with Crippen molar-refractivity contribution in [3.8, 4) is 0 Å². The zero-order chi connectivity index (χ0) is 11.5. The number of aliphatic hydroxyl groups excluding tert-OH is 1.